The predicted octanol–water partition coefficient (Wildman–Crippen LogP) is 4.13. The van der Waals surface area contributed by atoms with E-state index in [1.54, 1.807) is 4.68 Å². The highest BCUT2D eigenvalue weighted by atomic mass is 15.3. The van der Waals surface area contributed by atoms with Gasteiger partial charge < -0.3 is 10.4 Å². The minimum atomic E-state index is 0.628. The largest absolute Gasteiger partial charge is 0.361 e. The number of nitrogens with zero attached hydrogens (tertiary/aromatic N) is 3. The topological polar surface area (TPSA) is 69.8 Å². The molecule has 1 aromatic carbocycles. The SMILES string of the molecule is Cc1c[nH]c2cc(-c3nn(C)c4c3C(=N)CCCC=N4)ccc12. The van der Waals surface area contributed by atoms with E-state index in [0.29, 0.717) is 5.71 Å². The van der Waals surface area contributed by atoms with E-state index in [4.69, 9.17) is 5.41 Å². The van der Waals surface area contributed by atoms with E-state index in [9.17, 15) is 0 Å². The van der Waals surface area contributed by atoms with Crippen LogP contribution in [0.4, 0.5) is 5.82 Å². The van der Waals surface area contributed by atoms with Gasteiger partial charge in [0.2, 0.25) is 0 Å². The van der Waals surface area contributed by atoms with Crippen molar-refractivity contribution in [1.82, 2.24) is 14.8 Å². The summed E-state index contributed by atoms with van der Waals surface area (Å²) in [5.41, 5.74) is 5.70. The maximum Gasteiger partial charge on any atom is 0.159 e. The van der Waals surface area contributed by atoms with Gasteiger partial charge in [-0.25, -0.2) is 9.67 Å². The van der Waals surface area contributed by atoms with Crippen LogP contribution in [0.1, 0.15) is 30.4 Å². The first-order valence-electron chi connectivity index (χ1n) is 7.90. The lowest BCUT2D eigenvalue weighted by Crippen LogP contribution is -2.03. The Bertz CT molecular complexity index is 942. The second-order valence-electron chi connectivity index (χ2n) is 6.09. The van der Waals surface area contributed by atoms with Crippen LogP contribution in [0, 0.1) is 12.3 Å². The number of aromatic amines is 1. The number of hydrogen-bond acceptors (Lipinski definition) is 3. The number of rotatable bonds is 1. The van der Waals surface area contributed by atoms with E-state index in [-0.39, 0.29) is 0 Å². The van der Waals surface area contributed by atoms with Crippen LogP contribution in [0.2, 0.25) is 0 Å². The van der Waals surface area contributed by atoms with Gasteiger partial charge in [-0.2, -0.15) is 5.10 Å². The fourth-order valence-corrected chi connectivity index (χ4v) is 3.21. The van der Waals surface area contributed by atoms with Crippen LogP contribution in [0.25, 0.3) is 22.2 Å². The Labute approximate surface area is 134 Å². The van der Waals surface area contributed by atoms with Crippen molar-refractivity contribution in [2.45, 2.75) is 26.2 Å². The van der Waals surface area contributed by atoms with Crippen molar-refractivity contribution in [3.8, 4) is 11.3 Å². The van der Waals surface area contributed by atoms with Crippen molar-refractivity contribution in [3.63, 3.8) is 0 Å². The molecule has 0 radical (unpaired) electrons. The predicted molar refractivity (Wildman–Crippen MR) is 94.1 cm³/mol. The maximum absolute atomic E-state index is 8.44. The first kappa shape index (κ1) is 13.9. The van der Waals surface area contributed by atoms with E-state index in [2.05, 4.69) is 40.2 Å². The maximum atomic E-state index is 8.44. The van der Waals surface area contributed by atoms with Gasteiger partial charge in [0.05, 0.1) is 5.56 Å². The van der Waals surface area contributed by atoms with E-state index in [1.165, 1.54) is 10.9 Å². The van der Waals surface area contributed by atoms with Crippen molar-refractivity contribution in [1.29, 1.82) is 5.41 Å². The summed E-state index contributed by atoms with van der Waals surface area (Å²) in [5.74, 6) is 0.785. The van der Waals surface area contributed by atoms with Gasteiger partial charge in [-0.3, -0.25) is 0 Å². The highest BCUT2D eigenvalue weighted by molar-refractivity contribution is 6.08. The molecule has 0 spiro atoms. The summed E-state index contributed by atoms with van der Waals surface area (Å²) in [6, 6.07) is 6.32. The Balaban J connectivity index is 1.94. The molecule has 0 aliphatic carbocycles. The highest BCUT2D eigenvalue weighted by Gasteiger charge is 2.22. The van der Waals surface area contributed by atoms with Crippen LogP contribution < -0.4 is 0 Å². The van der Waals surface area contributed by atoms with Crippen molar-refractivity contribution >= 4 is 28.6 Å². The molecule has 1 aliphatic heterocycles. The Morgan fingerprint density at radius 1 is 1.30 bits per heavy atom. The molecular formula is C18H19N5. The lowest BCUT2D eigenvalue weighted by atomic mass is 9.98. The monoisotopic (exact) mass is 305 g/mol. The second-order valence-corrected chi connectivity index (χ2v) is 6.09. The van der Waals surface area contributed by atoms with Gasteiger partial charge in [0.1, 0.15) is 5.69 Å². The van der Waals surface area contributed by atoms with Crippen LogP contribution >= 0.6 is 0 Å². The molecule has 0 bridgehead atoms. The van der Waals surface area contributed by atoms with Crippen LogP contribution in [-0.4, -0.2) is 26.7 Å². The number of nitrogens with one attached hydrogen (secondary N) is 2. The number of aromatic nitrogens is 3. The Morgan fingerprint density at radius 3 is 3.04 bits per heavy atom. The number of aryl methyl sites for hydroxylation is 2. The van der Waals surface area contributed by atoms with Gasteiger partial charge in [-0.15, -0.1) is 0 Å². The summed E-state index contributed by atoms with van der Waals surface area (Å²) in [7, 11) is 1.89. The van der Waals surface area contributed by atoms with Gasteiger partial charge in [0.25, 0.3) is 0 Å². The smallest absolute Gasteiger partial charge is 0.159 e. The number of hydrogen-bond donors (Lipinski definition) is 2. The number of H-pyrrole nitrogens is 1. The molecular weight excluding hydrogens is 286 g/mol. The zero-order valence-corrected chi connectivity index (χ0v) is 13.3. The summed E-state index contributed by atoms with van der Waals surface area (Å²) in [5, 5.41) is 14.3. The first-order chi connectivity index (χ1) is 11.1. The van der Waals surface area contributed by atoms with E-state index in [1.807, 2.05) is 19.5 Å². The lowest BCUT2D eigenvalue weighted by molar-refractivity contribution is 0.772. The molecule has 0 saturated heterocycles. The van der Waals surface area contributed by atoms with Gasteiger partial charge in [-0.1, -0.05) is 12.1 Å². The van der Waals surface area contributed by atoms with Crippen molar-refractivity contribution < 1.29 is 0 Å². The minimum Gasteiger partial charge on any atom is -0.361 e. The summed E-state index contributed by atoms with van der Waals surface area (Å²) in [6.07, 6.45) is 6.60. The molecule has 2 N–H and O–H groups in total. The molecule has 0 amide bonds. The molecule has 3 aromatic rings. The lowest BCUT2D eigenvalue weighted by Gasteiger charge is -2.08. The average molecular weight is 305 g/mol. The summed E-state index contributed by atoms with van der Waals surface area (Å²) in [4.78, 5) is 7.84. The summed E-state index contributed by atoms with van der Waals surface area (Å²) < 4.78 is 1.78. The third kappa shape index (κ3) is 2.20. The fourth-order valence-electron chi connectivity index (χ4n) is 3.21. The van der Waals surface area contributed by atoms with Crippen LogP contribution in [0.15, 0.2) is 29.4 Å². The van der Waals surface area contributed by atoms with Crippen LogP contribution in [0.5, 0.6) is 0 Å². The molecule has 2 aromatic heterocycles. The Kier molecular flexibility index (Phi) is 3.15. The third-order valence-corrected chi connectivity index (χ3v) is 4.45. The standard InChI is InChI=1S/C18H19N5/c1-11-10-21-15-9-12(6-7-13(11)15)17-16-14(19)5-3-4-8-20-18(16)23(2)22-17/h6-10,19,21H,3-5H2,1-2H3. The zero-order chi connectivity index (χ0) is 16.0. The number of aliphatic imine (C=N–C) groups is 1. The van der Waals surface area contributed by atoms with Gasteiger partial charge in [-0.05, 0) is 37.8 Å². The zero-order valence-electron chi connectivity index (χ0n) is 13.3. The van der Waals surface area contributed by atoms with Gasteiger partial charge in [0, 0.05) is 41.6 Å². The average Bonchev–Trinajstić information content (AvgIpc) is 3.05. The van der Waals surface area contributed by atoms with E-state index < -0.39 is 0 Å². The number of fused-ring (bicyclic) bond motifs is 2. The molecule has 4 rings (SSSR count). The molecule has 0 unspecified atom stereocenters. The quantitative estimate of drug-likeness (QED) is 0.697. The minimum absolute atomic E-state index is 0.628. The highest BCUT2D eigenvalue weighted by Crippen LogP contribution is 2.34. The molecule has 0 saturated carbocycles. The molecule has 0 atom stereocenters. The van der Waals surface area contributed by atoms with Gasteiger partial charge in [0.15, 0.2) is 5.82 Å². The fraction of sp³-hybridized carbons (Fsp3) is 0.278. The number of benzene rings is 1. The molecule has 116 valence electrons. The van der Waals surface area contributed by atoms with Crippen LogP contribution in [0.3, 0.4) is 0 Å². The normalized spacial score (nSPS) is 14.8. The molecule has 0 fully saturated rings. The second kappa shape index (κ2) is 5.19. The molecule has 23 heavy (non-hydrogen) atoms. The summed E-state index contributed by atoms with van der Waals surface area (Å²) >= 11 is 0. The molecule has 5 heteroatoms. The van der Waals surface area contributed by atoms with Gasteiger partial charge >= 0.3 is 0 Å². The molecule has 1 aliphatic rings. The summed E-state index contributed by atoms with van der Waals surface area (Å²) in [6.45, 7) is 2.10. The molecule has 5 nitrogen and oxygen atoms in total. The van der Waals surface area contributed by atoms with E-state index in [0.717, 1.165) is 47.4 Å². The van der Waals surface area contributed by atoms with E-state index >= 15 is 0 Å². The Hall–Kier alpha value is -2.69. The molecule has 3 heterocycles. The van der Waals surface area contributed by atoms with Crippen molar-refractivity contribution in [2.24, 2.45) is 12.0 Å². The third-order valence-electron chi connectivity index (χ3n) is 4.45. The van der Waals surface area contributed by atoms with Crippen LogP contribution in [-0.2, 0) is 7.05 Å². The first-order valence-corrected chi connectivity index (χ1v) is 7.90. The van der Waals surface area contributed by atoms with Crippen molar-refractivity contribution in [3.05, 3.63) is 35.5 Å². The van der Waals surface area contributed by atoms with Crippen molar-refractivity contribution in [2.75, 3.05) is 0 Å². The Morgan fingerprint density at radius 2 is 2.17 bits per heavy atom.